The molecule has 0 aromatic heterocycles. The Kier molecular flexibility index (Phi) is 23.5. The number of carbonyl (C=O) groups is 6. The molecule has 29 heteroatoms. The third-order valence-electron chi connectivity index (χ3n) is 8.66. The third-order valence-corrected chi connectivity index (χ3v) is 10.0. The van der Waals surface area contributed by atoms with E-state index in [1.54, 1.807) is 0 Å². The van der Waals surface area contributed by atoms with E-state index in [1.165, 1.54) is 0 Å². The van der Waals surface area contributed by atoms with Crippen LogP contribution in [0.5, 0.6) is 0 Å². The summed E-state index contributed by atoms with van der Waals surface area (Å²) in [6, 6.07) is 0. The van der Waals surface area contributed by atoms with Crippen LogP contribution in [0, 0.1) is 0 Å². The summed E-state index contributed by atoms with van der Waals surface area (Å²) < 4.78 is 23.0. The standard InChI is InChI=1S/C30H54N5O23P/c36-13-15(38)28(58-30-27(52)24(49)23(48)16(14-37)57-30)25(50)26(51)29(53)32-4-3-31-17(39)1-2-18(59(54,55)56)35(7-5-33(9-19(40)41)10-20(42)43)8-6-34(11-21(44)45)12-22(46)47/h15-16,18,23-28,30,36-38,48-52H,1-14H2,(H,31,39)(H,32,53)(H,40,41)(H,42,43)(H,44,45)(H,46,47)(H2,54,55,56). The smallest absolute Gasteiger partial charge is 0.342 e. The van der Waals surface area contributed by atoms with Gasteiger partial charge in [-0.2, -0.15) is 0 Å². The lowest BCUT2D eigenvalue weighted by Gasteiger charge is -2.42. The van der Waals surface area contributed by atoms with Gasteiger partial charge in [-0.3, -0.25) is 48.0 Å². The Labute approximate surface area is 334 Å². The molecular formula is C30H54N5O23P. The van der Waals surface area contributed by atoms with E-state index in [2.05, 4.69) is 10.6 Å². The van der Waals surface area contributed by atoms with Crippen LogP contribution in [0.2, 0.25) is 0 Å². The Morgan fingerprint density at radius 3 is 1.61 bits per heavy atom. The average Bonchev–Trinajstić information content (AvgIpc) is 3.13. The molecular weight excluding hydrogens is 829 g/mol. The molecule has 1 aliphatic rings. The van der Waals surface area contributed by atoms with Crippen LogP contribution in [0.1, 0.15) is 12.8 Å². The number of nitrogens with zero attached hydrogens (tertiary/aromatic N) is 3. The molecule has 10 atom stereocenters. The number of carboxylic acids is 4. The van der Waals surface area contributed by atoms with E-state index in [4.69, 9.17) is 29.9 Å². The Morgan fingerprint density at radius 2 is 1.19 bits per heavy atom. The number of carbonyl (C=O) groups excluding carboxylic acids is 2. The van der Waals surface area contributed by atoms with Gasteiger partial charge in [0.25, 0.3) is 5.91 Å². The van der Waals surface area contributed by atoms with Crippen LogP contribution < -0.4 is 10.6 Å². The first-order valence-electron chi connectivity index (χ1n) is 17.7. The largest absolute Gasteiger partial charge is 0.480 e. The van der Waals surface area contributed by atoms with Gasteiger partial charge in [0, 0.05) is 45.7 Å². The second kappa shape index (κ2) is 25.9. The summed E-state index contributed by atoms with van der Waals surface area (Å²) in [6.07, 6.45) is -19.3. The molecule has 0 aliphatic carbocycles. The summed E-state index contributed by atoms with van der Waals surface area (Å²) in [6.45, 7) is -7.67. The molecule has 1 heterocycles. The molecule has 0 bridgehead atoms. The van der Waals surface area contributed by atoms with Crippen molar-refractivity contribution in [2.45, 2.75) is 73.7 Å². The zero-order valence-corrected chi connectivity index (χ0v) is 32.3. The van der Waals surface area contributed by atoms with Crippen molar-refractivity contribution < 1.29 is 114 Å². The first kappa shape index (κ1) is 53.5. The van der Waals surface area contributed by atoms with Crippen molar-refractivity contribution in [3.05, 3.63) is 0 Å². The predicted molar refractivity (Wildman–Crippen MR) is 190 cm³/mol. The molecule has 1 rings (SSSR count). The molecule has 16 N–H and O–H groups in total. The number of rotatable bonds is 30. The van der Waals surface area contributed by atoms with Gasteiger partial charge in [-0.15, -0.1) is 0 Å². The quantitative estimate of drug-likeness (QED) is 0.0235. The Morgan fingerprint density at radius 1 is 0.712 bits per heavy atom. The maximum absolute atomic E-state index is 12.7. The molecule has 0 spiro atoms. The minimum absolute atomic E-state index is 0.388. The van der Waals surface area contributed by atoms with E-state index in [1.807, 2.05) is 0 Å². The highest BCUT2D eigenvalue weighted by atomic mass is 31.2. The van der Waals surface area contributed by atoms with E-state index in [0.29, 0.717) is 0 Å². The van der Waals surface area contributed by atoms with Crippen molar-refractivity contribution in [3.8, 4) is 0 Å². The molecule has 2 amide bonds. The van der Waals surface area contributed by atoms with E-state index in [9.17, 15) is 84.0 Å². The van der Waals surface area contributed by atoms with Crippen LogP contribution in [0.25, 0.3) is 0 Å². The van der Waals surface area contributed by atoms with E-state index < -0.39 is 189 Å². The van der Waals surface area contributed by atoms with Gasteiger partial charge in [0.05, 0.1) is 39.4 Å². The first-order chi connectivity index (χ1) is 27.4. The molecule has 59 heavy (non-hydrogen) atoms. The lowest BCUT2D eigenvalue weighted by Crippen LogP contribution is -2.62. The number of aliphatic hydroxyl groups excluding tert-OH is 8. The lowest BCUT2D eigenvalue weighted by molar-refractivity contribution is -0.326. The van der Waals surface area contributed by atoms with Gasteiger partial charge in [-0.05, 0) is 6.42 Å². The molecule has 0 aromatic carbocycles. The van der Waals surface area contributed by atoms with Crippen molar-refractivity contribution in [2.75, 3.05) is 78.7 Å². The summed E-state index contributed by atoms with van der Waals surface area (Å²) >= 11 is 0. The highest BCUT2D eigenvalue weighted by Crippen LogP contribution is 2.45. The van der Waals surface area contributed by atoms with Gasteiger partial charge in [0.2, 0.25) is 5.91 Å². The molecule has 0 saturated carbocycles. The van der Waals surface area contributed by atoms with Crippen LogP contribution in [0.3, 0.4) is 0 Å². The van der Waals surface area contributed by atoms with E-state index >= 15 is 0 Å². The lowest BCUT2D eigenvalue weighted by atomic mass is 9.98. The number of aliphatic hydroxyl groups is 8. The molecule has 1 fully saturated rings. The van der Waals surface area contributed by atoms with Gasteiger partial charge in [0.1, 0.15) is 48.5 Å². The van der Waals surface area contributed by atoms with Crippen molar-refractivity contribution >= 4 is 43.3 Å². The molecule has 28 nitrogen and oxygen atoms in total. The van der Waals surface area contributed by atoms with Crippen LogP contribution >= 0.6 is 7.60 Å². The van der Waals surface area contributed by atoms with Crippen LogP contribution in [-0.2, 0) is 42.8 Å². The molecule has 10 unspecified atom stereocenters. The van der Waals surface area contributed by atoms with Crippen molar-refractivity contribution in [2.24, 2.45) is 0 Å². The third kappa shape index (κ3) is 19.1. The number of nitrogens with one attached hydrogen (secondary N) is 2. The fraction of sp³-hybridized carbons (Fsp3) is 0.800. The van der Waals surface area contributed by atoms with E-state index in [0.717, 1.165) is 14.7 Å². The summed E-state index contributed by atoms with van der Waals surface area (Å²) in [4.78, 5) is 93.7. The first-order valence-corrected chi connectivity index (χ1v) is 19.4. The number of ether oxygens (including phenoxy) is 2. The fourth-order valence-electron chi connectivity index (χ4n) is 5.72. The van der Waals surface area contributed by atoms with Crippen molar-refractivity contribution in [1.82, 2.24) is 25.3 Å². The molecule has 1 saturated heterocycles. The van der Waals surface area contributed by atoms with Gasteiger partial charge in [0.15, 0.2) is 12.4 Å². The minimum atomic E-state index is -5.19. The summed E-state index contributed by atoms with van der Waals surface area (Å²) in [5, 5.41) is 121. The highest BCUT2D eigenvalue weighted by molar-refractivity contribution is 7.52. The number of hydrogen-bond acceptors (Lipinski definition) is 20. The Hall–Kier alpha value is -3.55. The van der Waals surface area contributed by atoms with Crippen LogP contribution in [0.4, 0.5) is 0 Å². The summed E-state index contributed by atoms with van der Waals surface area (Å²) in [7, 11) is -5.19. The normalized spacial score (nSPS) is 22.4. The predicted octanol–water partition coefficient (Wildman–Crippen LogP) is -8.99. The number of aliphatic carboxylic acids is 4. The second-order valence-corrected chi connectivity index (χ2v) is 15.0. The summed E-state index contributed by atoms with van der Waals surface area (Å²) in [5.41, 5.74) is 0. The fourth-order valence-corrected chi connectivity index (χ4v) is 6.84. The number of amides is 2. The number of carboxylic acid groups (broad SMARTS) is 4. The topological polar surface area (TPSA) is 455 Å². The monoisotopic (exact) mass is 883 g/mol. The zero-order chi connectivity index (χ0) is 45.2. The Bertz CT molecular complexity index is 1350. The zero-order valence-electron chi connectivity index (χ0n) is 31.4. The van der Waals surface area contributed by atoms with Gasteiger partial charge >= 0.3 is 31.5 Å². The average molecular weight is 884 g/mol. The molecule has 0 aromatic rings. The highest BCUT2D eigenvalue weighted by Gasteiger charge is 2.47. The number of hydrogen-bond donors (Lipinski definition) is 16. The van der Waals surface area contributed by atoms with Crippen molar-refractivity contribution in [1.29, 1.82) is 0 Å². The second-order valence-electron chi connectivity index (χ2n) is 13.3. The molecule has 1 aliphatic heterocycles. The minimum Gasteiger partial charge on any atom is -0.480 e. The van der Waals surface area contributed by atoms with Gasteiger partial charge in [-0.25, -0.2) is 0 Å². The maximum Gasteiger partial charge on any atom is 0.342 e. The molecule has 0 radical (unpaired) electrons. The van der Waals surface area contributed by atoms with Gasteiger partial charge < -0.3 is 91.2 Å². The maximum atomic E-state index is 12.7. The van der Waals surface area contributed by atoms with Crippen molar-refractivity contribution in [3.63, 3.8) is 0 Å². The Balaban J connectivity index is 2.98. The molecule has 342 valence electrons. The summed E-state index contributed by atoms with van der Waals surface area (Å²) in [5.74, 6) is -9.70. The van der Waals surface area contributed by atoms with Crippen LogP contribution in [-0.4, -0.2) is 261 Å². The SMILES string of the molecule is O=C(O)CN(CCN(CCN(CC(=O)O)CC(=O)O)C(CCC(=O)NCCNC(=O)C(O)C(O)C(OC1OC(CO)C(O)C(O)C1O)C(O)CO)P(=O)(O)O)CC(=O)O. The van der Waals surface area contributed by atoms with E-state index in [-0.39, 0.29) is 6.54 Å². The van der Waals surface area contributed by atoms with Crippen LogP contribution in [0.15, 0.2) is 0 Å². The van der Waals surface area contributed by atoms with Gasteiger partial charge in [-0.1, -0.05) is 0 Å².